The van der Waals surface area contributed by atoms with E-state index in [1.807, 2.05) is 0 Å². The quantitative estimate of drug-likeness (QED) is 0.578. The number of hydrogen-bond acceptors (Lipinski definition) is 3. The van der Waals surface area contributed by atoms with Gasteiger partial charge in [0.05, 0.1) is 0 Å². The van der Waals surface area contributed by atoms with Crippen molar-refractivity contribution in [3.8, 4) is 5.75 Å². The van der Waals surface area contributed by atoms with Crippen LogP contribution in [0.15, 0.2) is 23.6 Å². The van der Waals surface area contributed by atoms with Gasteiger partial charge in [-0.05, 0) is 77.5 Å². The average molecular weight is 385 g/mol. The van der Waals surface area contributed by atoms with Crippen LogP contribution < -0.4 is 4.74 Å². The number of carboxylic acid groups (broad SMARTS) is 1. The fraction of sp³-hybridized carbons (Fsp3) is 0.435. The highest BCUT2D eigenvalue weighted by molar-refractivity contribution is 7.11. The van der Waals surface area contributed by atoms with Crippen LogP contribution >= 0.6 is 11.3 Å². The van der Waals surface area contributed by atoms with Crippen LogP contribution in [0.5, 0.6) is 5.75 Å². The van der Waals surface area contributed by atoms with E-state index in [4.69, 9.17) is 9.84 Å². The van der Waals surface area contributed by atoms with Crippen molar-refractivity contribution in [1.82, 2.24) is 0 Å². The number of benzene rings is 1. The van der Waals surface area contributed by atoms with Crippen LogP contribution in [0.4, 0.5) is 4.79 Å². The predicted octanol–water partition coefficient (Wildman–Crippen LogP) is 7.02. The summed E-state index contributed by atoms with van der Waals surface area (Å²) < 4.78 is 4.73. The summed E-state index contributed by atoms with van der Waals surface area (Å²) >= 11 is 1.48. The van der Waals surface area contributed by atoms with Gasteiger partial charge in [-0.15, -0.1) is 11.3 Å². The molecule has 0 saturated heterocycles. The van der Waals surface area contributed by atoms with Crippen molar-refractivity contribution < 1.29 is 14.6 Å². The smallest absolute Gasteiger partial charge is 0.449 e. The predicted molar refractivity (Wildman–Crippen MR) is 113 cm³/mol. The summed E-state index contributed by atoms with van der Waals surface area (Å²) in [6.07, 6.45) is 3.23. The molecule has 144 valence electrons. The Kier molecular flexibility index (Phi) is 4.98. The molecule has 1 aromatic heterocycles. The van der Waals surface area contributed by atoms with Gasteiger partial charge in [0.15, 0.2) is 0 Å². The molecule has 27 heavy (non-hydrogen) atoms. The molecule has 1 aromatic carbocycles. The average Bonchev–Trinajstić information content (AvgIpc) is 2.97. The van der Waals surface area contributed by atoms with Crippen LogP contribution in [-0.2, 0) is 10.8 Å². The summed E-state index contributed by atoms with van der Waals surface area (Å²) in [5, 5.41) is 10.5. The summed E-state index contributed by atoms with van der Waals surface area (Å²) in [6, 6.07) is 6.51. The molecule has 0 unspecified atom stereocenters. The Labute approximate surface area is 165 Å². The molecule has 4 heteroatoms. The molecule has 2 aromatic rings. The number of thiophene rings is 1. The van der Waals surface area contributed by atoms with Crippen LogP contribution in [-0.4, -0.2) is 11.3 Å². The molecule has 3 nitrogen and oxygen atoms in total. The number of hydrogen-bond donors (Lipinski definition) is 1. The lowest BCUT2D eigenvalue weighted by molar-refractivity contribution is 0.144. The number of aryl methyl sites for hydroxylation is 1. The van der Waals surface area contributed by atoms with E-state index < -0.39 is 6.16 Å². The van der Waals surface area contributed by atoms with Crippen molar-refractivity contribution in [2.45, 2.75) is 65.2 Å². The maximum absolute atomic E-state index is 10.7. The van der Waals surface area contributed by atoms with Crippen molar-refractivity contribution in [2.75, 3.05) is 0 Å². The van der Waals surface area contributed by atoms with E-state index in [1.165, 1.54) is 52.0 Å². The summed E-state index contributed by atoms with van der Waals surface area (Å²) in [4.78, 5) is 11.7. The normalized spacial score (nSPS) is 18.1. The summed E-state index contributed by atoms with van der Waals surface area (Å²) in [7, 11) is 0. The number of ether oxygens (including phenoxy) is 1. The van der Waals surface area contributed by atoms with Gasteiger partial charge in [-0.25, -0.2) is 4.79 Å². The Morgan fingerprint density at radius 1 is 1.11 bits per heavy atom. The molecule has 1 aliphatic rings. The van der Waals surface area contributed by atoms with E-state index in [-0.39, 0.29) is 10.8 Å². The third kappa shape index (κ3) is 3.96. The van der Waals surface area contributed by atoms with Crippen molar-refractivity contribution in [3.63, 3.8) is 0 Å². The number of fused-ring (bicyclic) bond motifs is 1. The van der Waals surface area contributed by atoms with Crippen LogP contribution in [0.2, 0.25) is 0 Å². The molecular weight excluding hydrogens is 356 g/mol. The SMILES string of the molecule is C/C(=C\c1cc(OC(=O)O)cs1)c1cc2c(cc1C)C(C)(C)CCC2(C)C. The van der Waals surface area contributed by atoms with E-state index >= 15 is 0 Å². The summed E-state index contributed by atoms with van der Waals surface area (Å²) in [5.41, 5.74) is 7.04. The molecule has 0 bridgehead atoms. The Balaban J connectivity index is 2.02. The van der Waals surface area contributed by atoms with Crippen molar-refractivity contribution in [1.29, 1.82) is 0 Å². The number of rotatable bonds is 3. The second kappa shape index (κ2) is 6.83. The summed E-state index contributed by atoms with van der Waals surface area (Å²) in [5.74, 6) is 0.372. The first-order valence-electron chi connectivity index (χ1n) is 9.33. The van der Waals surface area contributed by atoms with Crippen LogP contribution in [0.3, 0.4) is 0 Å². The van der Waals surface area contributed by atoms with Crippen molar-refractivity contribution >= 4 is 29.1 Å². The summed E-state index contributed by atoms with van der Waals surface area (Å²) in [6.45, 7) is 13.7. The van der Waals surface area contributed by atoms with Gasteiger partial charge in [-0.2, -0.15) is 0 Å². The Bertz CT molecular complexity index is 916. The maximum Gasteiger partial charge on any atom is 0.511 e. The Morgan fingerprint density at radius 3 is 2.30 bits per heavy atom. The molecule has 0 spiro atoms. The molecule has 0 amide bonds. The second-order valence-electron chi connectivity index (χ2n) is 8.86. The number of allylic oxidation sites excluding steroid dienone is 1. The van der Waals surface area contributed by atoms with Crippen LogP contribution in [0.1, 0.15) is 74.6 Å². The van der Waals surface area contributed by atoms with Crippen LogP contribution in [0, 0.1) is 6.92 Å². The molecule has 3 rings (SSSR count). The molecule has 0 fully saturated rings. The second-order valence-corrected chi connectivity index (χ2v) is 9.80. The molecule has 0 atom stereocenters. The minimum Gasteiger partial charge on any atom is -0.449 e. The first kappa shape index (κ1) is 19.7. The highest BCUT2D eigenvalue weighted by atomic mass is 32.1. The first-order valence-corrected chi connectivity index (χ1v) is 10.2. The van der Waals surface area contributed by atoms with E-state index in [0.29, 0.717) is 5.75 Å². The van der Waals surface area contributed by atoms with E-state index in [0.717, 1.165) is 4.88 Å². The largest absolute Gasteiger partial charge is 0.511 e. The molecule has 0 radical (unpaired) electrons. The van der Waals surface area contributed by atoms with Gasteiger partial charge in [-0.1, -0.05) is 39.8 Å². The minimum absolute atomic E-state index is 0.180. The standard InChI is InChI=1S/C23H28O3S/c1-14(9-17-11-16(13-27-17)26-21(24)25)18-12-20-19(10-15(18)2)22(3,4)7-8-23(20,5)6/h9-13H,7-8H2,1-6H3,(H,24,25)/b14-9+. The molecule has 1 heterocycles. The Hall–Kier alpha value is -2.07. The lowest BCUT2D eigenvalue weighted by atomic mass is 9.62. The zero-order chi connectivity index (χ0) is 20.0. The van der Waals surface area contributed by atoms with Gasteiger partial charge in [0.2, 0.25) is 0 Å². The van der Waals surface area contributed by atoms with Gasteiger partial charge >= 0.3 is 6.16 Å². The van der Waals surface area contributed by atoms with Gasteiger partial charge in [0.1, 0.15) is 5.75 Å². The minimum atomic E-state index is -1.28. The molecule has 0 aliphatic heterocycles. The number of carbonyl (C=O) groups is 1. The van der Waals surface area contributed by atoms with E-state index in [2.05, 4.69) is 59.8 Å². The fourth-order valence-electron chi connectivity index (χ4n) is 4.00. The lowest BCUT2D eigenvalue weighted by Crippen LogP contribution is -2.34. The van der Waals surface area contributed by atoms with E-state index in [9.17, 15) is 4.79 Å². The van der Waals surface area contributed by atoms with Crippen molar-refractivity contribution in [2.24, 2.45) is 0 Å². The maximum atomic E-state index is 10.7. The molecule has 1 N–H and O–H groups in total. The third-order valence-corrected chi connectivity index (χ3v) is 6.64. The van der Waals surface area contributed by atoms with Gasteiger partial charge in [-0.3, -0.25) is 0 Å². The highest BCUT2D eigenvalue weighted by Crippen LogP contribution is 2.47. The lowest BCUT2D eigenvalue weighted by Gasteiger charge is -2.42. The zero-order valence-corrected chi connectivity index (χ0v) is 17.8. The molecule has 1 aliphatic carbocycles. The Morgan fingerprint density at radius 2 is 1.70 bits per heavy atom. The van der Waals surface area contributed by atoms with Gasteiger partial charge < -0.3 is 9.84 Å². The molecule has 0 saturated carbocycles. The third-order valence-electron chi connectivity index (χ3n) is 5.78. The van der Waals surface area contributed by atoms with E-state index in [1.54, 1.807) is 11.4 Å². The topological polar surface area (TPSA) is 46.5 Å². The zero-order valence-electron chi connectivity index (χ0n) is 17.0. The van der Waals surface area contributed by atoms with Crippen LogP contribution in [0.25, 0.3) is 11.6 Å². The van der Waals surface area contributed by atoms with Crippen molar-refractivity contribution in [3.05, 3.63) is 50.7 Å². The van der Waals surface area contributed by atoms with Gasteiger partial charge in [0.25, 0.3) is 0 Å². The van der Waals surface area contributed by atoms with Gasteiger partial charge in [0, 0.05) is 10.3 Å². The monoisotopic (exact) mass is 384 g/mol. The molecular formula is C23H28O3S. The first-order chi connectivity index (χ1) is 12.5. The highest BCUT2D eigenvalue weighted by Gasteiger charge is 2.37. The fourth-order valence-corrected chi connectivity index (χ4v) is 4.80.